The lowest BCUT2D eigenvalue weighted by Gasteiger charge is -2.37. The Labute approximate surface area is 120 Å². The van der Waals surface area contributed by atoms with Crippen LogP contribution in [0, 0.1) is 0 Å². The first kappa shape index (κ1) is 15.3. The van der Waals surface area contributed by atoms with Gasteiger partial charge in [-0.05, 0) is 45.2 Å². The average Bonchev–Trinajstić information content (AvgIpc) is 2.77. The van der Waals surface area contributed by atoms with Gasteiger partial charge in [0.15, 0.2) is 0 Å². The summed E-state index contributed by atoms with van der Waals surface area (Å²) in [6.45, 7) is 7.23. The number of hydrogen-bond acceptors (Lipinski definition) is 2. The van der Waals surface area contributed by atoms with Crippen LogP contribution in [0.1, 0.15) is 78.1 Å². The zero-order chi connectivity index (χ0) is 13.5. The number of piperidine rings is 1. The molecule has 2 heterocycles. The van der Waals surface area contributed by atoms with Crippen molar-refractivity contribution in [2.24, 2.45) is 0 Å². The smallest absolute Gasteiger partial charge is 0.0125 e. The molecule has 2 fully saturated rings. The van der Waals surface area contributed by atoms with E-state index >= 15 is 0 Å². The molecular formula is C17H34N2. The van der Waals surface area contributed by atoms with Crippen LogP contribution in [-0.4, -0.2) is 36.1 Å². The fourth-order valence-electron chi connectivity index (χ4n) is 4.02. The van der Waals surface area contributed by atoms with Crippen LogP contribution in [-0.2, 0) is 0 Å². The number of nitrogens with zero attached hydrogens (tertiary/aromatic N) is 1. The Morgan fingerprint density at radius 3 is 2.16 bits per heavy atom. The molecule has 1 N–H and O–H groups in total. The normalized spacial score (nSPS) is 30.2. The maximum absolute atomic E-state index is 3.76. The van der Waals surface area contributed by atoms with Crippen LogP contribution in [0.5, 0.6) is 0 Å². The molecule has 2 unspecified atom stereocenters. The second-order valence-corrected chi connectivity index (χ2v) is 6.66. The topological polar surface area (TPSA) is 15.3 Å². The molecule has 0 aromatic rings. The van der Waals surface area contributed by atoms with Crippen molar-refractivity contribution >= 4 is 0 Å². The predicted molar refractivity (Wildman–Crippen MR) is 83.6 cm³/mol. The van der Waals surface area contributed by atoms with Crippen LogP contribution in [0.25, 0.3) is 0 Å². The Morgan fingerprint density at radius 2 is 1.53 bits per heavy atom. The van der Waals surface area contributed by atoms with Crippen LogP contribution in [0.15, 0.2) is 0 Å². The van der Waals surface area contributed by atoms with E-state index in [1.807, 2.05) is 0 Å². The fourth-order valence-corrected chi connectivity index (χ4v) is 4.02. The van der Waals surface area contributed by atoms with Gasteiger partial charge >= 0.3 is 0 Å². The highest BCUT2D eigenvalue weighted by atomic mass is 15.2. The summed E-state index contributed by atoms with van der Waals surface area (Å²) in [5.74, 6) is 0. The van der Waals surface area contributed by atoms with Gasteiger partial charge in [-0.15, -0.1) is 0 Å². The monoisotopic (exact) mass is 266 g/mol. The molecule has 2 aliphatic heterocycles. The van der Waals surface area contributed by atoms with E-state index in [0.29, 0.717) is 0 Å². The number of unbranched alkanes of at least 4 members (excludes halogenated alkanes) is 5. The van der Waals surface area contributed by atoms with Crippen LogP contribution in [0.2, 0.25) is 0 Å². The Morgan fingerprint density at radius 1 is 0.895 bits per heavy atom. The molecule has 2 rings (SSSR count). The molecule has 0 aromatic heterocycles. The van der Waals surface area contributed by atoms with Crippen LogP contribution in [0.3, 0.4) is 0 Å². The summed E-state index contributed by atoms with van der Waals surface area (Å²) >= 11 is 0. The van der Waals surface area contributed by atoms with Gasteiger partial charge in [-0.25, -0.2) is 0 Å². The standard InChI is InChI=1S/C17H34N2/c1-3-5-6-7-8-9-12-19(4-2)17-13-15-10-11-16(14-17)18-15/h15-18H,3-14H2,1-2H3. The predicted octanol–water partition coefficient (Wildman–Crippen LogP) is 3.95. The van der Waals surface area contributed by atoms with E-state index < -0.39 is 0 Å². The summed E-state index contributed by atoms with van der Waals surface area (Å²) in [4.78, 5) is 2.77. The Bertz CT molecular complexity index is 229. The third-order valence-electron chi connectivity index (χ3n) is 5.17. The molecule has 2 saturated heterocycles. The lowest BCUT2D eigenvalue weighted by atomic mass is 9.97. The lowest BCUT2D eigenvalue weighted by molar-refractivity contribution is 0.145. The third kappa shape index (κ3) is 4.75. The van der Waals surface area contributed by atoms with Gasteiger partial charge in [0, 0.05) is 18.1 Å². The van der Waals surface area contributed by atoms with Gasteiger partial charge in [0.05, 0.1) is 0 Å². The molecule has 0 aliphatic carbocycles. The molecule has 0 amide bonds. The Hall–Kier alpha value is -0.0800. The quantitative estimate of drug-likeness (QED) is 0.636. The summed E-state index contributed by atoms with van der Waals surface area (Å²) in [6, 6.07) is 2.55. The van der Waals surface area contributed by atoms with Gasteiger partial charge in [0.25, 0.3) is 0 Å². The molecule has 2 heteroatoms. The van der Waals surface area contributed by atoms with E-state index in [4.69, 9.17) is 0 Å². The SMILES string of the molecule is CCCCCCCCN(CC)C1CC2CCC(C1)N2. The van der Waals surface area contributed by atoms with Crippen LogP contribution in [0.4, 0.5) is 0 Å². The minimum absolute atomic E-state index is 0.836. The summed E-state index contributed by atoms with van der Waals surface area (Å²) in [6.07, 6.45) is 14.2. The molecule has 0 spiro atoms. The summed E-state index contributed by atoms with van der Waals surface area (Å²) < 4.78 is 0. The second-order valence-electron chi connectivity index (χ2n) is 6.66. The zero-order valence-electron chi connectivity index (χ0n) is 13.2. The van der Waals surface area contributed by atoms with Gasteiger partial charge in [0.1, 0.15) is 0 Å². The van der Waals surface area contributed by atoms with Gasteiger partial charge in [-0.1, -0.05) is 46.0 Å². The molecule has 2 bridgehead atoms. The minimum Gasteiger partial charge on any atom is -0.311 e. The first-order valence-electron chi connectivity index (χ1n) is 8.83. The molecule has 0 saturated carbocycles. The second kappa shape index (κ2) is 8.26. The van der Waals surface area contributed by atoms with Crippen molar-refractivity contribution < 1.29 is 0 Å². The van der Waals surface area contributed by atoms with Gasteiger partial charge < -0.3 is 10.2 Å². The highest BCUT2D eigenvalue weighted by molar-refractivity contribution is 4.95. The van der Waals surface area contributed by atoms with E-state index in [0.717, 1.165) is 18.1 Å². The molecular weight excluding hydrogens is 232 g/mol. The Balaban J connectivity index is 1.62. The molecule has 2 aliphatic rings. The van der Waals surface area contributed by atoms with E-state index in [1.54, 1.807) is 0 Å². The number of rotatable bonds is 9. The van der Waals surface area contributed by atoms with E-state index in [2.05, 4.69) is 24.1 Å². The first-order chi connectivity index (χ1) is 9.33. The van der Waals surface area contributed by atoms with E-state index in [-0.39, 0.29) is 0 Å². The van der Waals surface area contributed by atoms with Crippen molar-refractivity contribution in [1.82, 2.24) is 10.2 Å². The van der Waals surface area contributed by atoms with Crippen LogP contribution < -0.4 is 5.32 Å². The summed E-state index contributed by atoms with van der Waals surface area (Å²) in [5, 5.41) is 3.76. The molecule has 112 valence electrons. The van der Waals surface area contributed by atoms with Crippen LogP contribution >= 0.6 is 0 Å². The van der Waals surface area contributed by atoms with Gasteiger partial charge in [-0.3, -0.25) is 0 Å². The third-order valence-corrected chi connectivity index (χ3v) is 5.17. The fraction of sp³-hybridized carbons (Fsp3) is 1.00. The average molecular weight is 266 g/mol. The highest BCUT2D eigenvalue weighted by Gasteiger charge is 2.35. The van der Waals surface area contributed by atoms with E-state index in [1.165, 1.54) is 77.3 Å². The summed E-state index contributed by atoms with van der Waals surface area (Å²) in [5.41, 5.74) is 0. The Kier molecular flexibility index (Phi) is 6.66. The van der Waals surface area contributed by atoms with Crippen molar-refractivity contribution in [1.29, 1.82) is 0 Å². The van der Waals surface area contributed by atoms with E-state index in [9.17, 15) is 0 Å². The van der Waals surface area contributed by atoms with Crippen molar-refractivity contribution in [3.05, 3.63) is 0 Å². The molecule has 2 atom stereocenters. The van der Waals surface area contributed by atoms with Crippen molar-refractivity contribution in [3.8, 4) is 0 Å². The first-order valence-corrected chi connectivity index (χ1v) is 8.83. The molecule has 0 radical (unpaired) electrons. The number of nitrogens with one attached hydrogen (secondary N) is 1. The molecule has 0 aromatic carbocycles. The maximum Gasteiger partial charge on any atom is 0.0125 e. The minimum atomic E-state index is 0.836. The van der Waals surface area contributed by atoms with Gasteiger partial charge in [0.2, 0.25) is 0 Å². The highest BCUT2D eigenvalue weighted by Crippen LogP contribution is 2.29. The van der Waals surface area contributed by atoms with Crippen molar-refractivity contribution in [2.45, 2.75) is 96.2 Å². The molecule has 2 nitrogen and oxygen atoms in total. The maximum atomic E-state index is 3.76. The number of fused-ring (bicyclic) bond motifs is 2. The van der Waals surface area contributed by atoms with Crippen molar-refractivity contribution in [2.75, 3.05) is 13.1 Å². The summed E-state index contributed by atoms with van der Waals surface area (Å²) in [7, 11) is 0. The number of hydrogen-bond donors (Lipinski definition) is 1. The largest absolute Gasteiger partial charge is 0.311 e. The lowest BCUT2D eigenvalue weighted by Crippen LogP contribution is -2.48. The zero-order valence-corrected chi connectivity index (χ0v) is 13.2. The van der Waals surface area contributed by atoms with Gasteiger partial charge in [-0.2, -0.15) is 0 Å². The molecule has 19 heavy (non-hydrogen) atoms. The van der Waals surface area contributed by atoms with Crippen molar-refractivity contribution in [3.63, 3.8) is 0 Å².